The van der Waals surface area contributed by atoms with Crippen molar-refractivity contribution >= 4 is 11.6 Å². The number of rotatable bonds is 1. The molecule has 0 saturated heterocycles. The van der Waals surface area contributed by atoms with E-state index in [0.717, 1.165) is 0 Å². The Morgan fingerprint density at radius 3 is 2.33 bits per heavy atom. The molecule has 0 radical (unpaired) electrons. The third kappa shape index (κ3) is 2.05. The van der Waals surface area contributed by atoms with Crippen LogP contribution in [0.1, 0.15) is 0 Å². The first kappa shape index (κ1) is 5.79. The zero-order chi connectivity index (χ0) is 4.99. The molecule has 0 aliphatic carbocycles. The lowest BCUT2D eigenvalue weighted by Crippen LogP contribution is -2.09. The number of hydrogen-bond donors (Lipinski definition) is 2. The molecule has 0 atom stereocenters. The fourth-order valence-corrected chi connectivity index (χ4v) is 0.134. The van der Waals surface area contributed by atoms with Crippen LogP contribution in [-0.2, 0) is 0 Å². The van der Waals surface area contributed by atoms with E-state index in [2.05, 4.69) is 0 Å². The van der Waals surface area contributed by atoms with Crippen LogP contribution in [0.2, 0.25) is 0 Å². The molecule has 6 heavy (non-hydrogen) atoms. The second-order valence-electron chi connectivity index (χ2n) is 0.888. The molecule has 0 heterocycles. The second-order valence-corrected chi connectivity index (χ2v) is 1.11. The van der Waals surface area contributed by atoms with E-state index in [-0.39, 0.29) is 0 Å². The molecule has 0 saturated carbocycles. The summed E-state index contributed by atoms with van der Waals surface area (Å²) in [7, 11) is 0. The molecule has 0 amide bonds. The van der Waals surface area contributed by atoms with Crippen LogP contribution in [0.25, 0.3) is 0 Å². The van der Waals surface area contributed by atoms with Gasteiger partial charge in [-0.2, -0.15) is 0 Å². The van der Waals surface area contributed by atoms with Crippen molar-refractivity contribution in [3.8, 4) is 0 Å². The average Bonchev–Trinajstić information content (AvgIpc) is 1.65. The third-order valence-corrected chi connectivity index (χ3v) is 0.656. The van der Waals surface area contributed by atoms with E-state index >= 15 is 0 Å². The Morgan fingerprint density at radius 1 is 1.83 bits per heavy atom. The first-order chi connectivity index (χ1) is 2.81. The van der Waals surface area contributed by atoms with Crippen molar-refractivity contribution in [2.75, 3.05) is 6.54 Å². The summed E-state index contributed by atoms with van der Waals surface area (Å²) in [5.41, 5.74) is 11.9. The molecule has 0 spiro atoms. The van der Waals surface area contributed by atoms with Crippen molar-refractivity contribution in [3.63, 3.8) is 0 Å². The molecule has 0 unspecified atom stereocenters. The van der Waals surface area contributed by atoms with E-state index in [1.165, 1.54) is 5.54 Å². The van der Waals surface area contributed by atoms with Gasteiger partial charge in [-0.25, -0.2) is 0 Å². The van der Waals surface area contributed by atoms with E-state index in [4.69, 9.17) is 23.1 Å². The summed E-state index contributed by atoms with van der Waals surface area (Å²) in [6.45, 7) is 0.337. The van der Waals surface area contributed by atoms with E-state index in [1.54, 1.807) is 0 Å². The molecular formula is C3H7ClN2. The van der Waals surface area contributed by atoms with Crippen LogP contribution in [0.5, 0.6) is 0 Å². The standard InChI is InChI=1S/C3H7ClN2/c4-1-3(6)2-5/h1H,2,5-6H2/b3-1-. The summed E-state index contributed by atoms with van der Waals surface area (Å²) in [4.78, 5) is 0. The lowest BCUT2D eigenvalue weighted by molar-refractivity contribution is 1.11. The highest BCUT2D eigenvalue weighted by Crippen LogP contribution is 1.80. The molecule has 0 aromatic carbocycles. The molecule has 36 valence electrons. The maximum Gasteiger partial charge on any atom is 0.0335 e. The minimum absolute atomic E-state index is 0.337. The van der Waals surface area contributed by atoms with Crippen LogP contribution < -0.4 is 11.5 Å². The fraction of sp³-hybridized carbons (Fsp3) is 0.333. The van der Waals surface area contributed by atoms with E-state index in [1.807, 2.05) is 0 Å². The molecule has 2 nitrogen and oxygen atoms in total. The van der Waals surface area contributed by atoms with Crippen LogP contribution in [0.3, 0.4) is 0 Å². The molecule has 0 bridgehead atoms. The molecular weight excluding hydrogens is 99.5 g/mol. The van der Waals surface area contributed by atoms with Gasteiger partial charge in [-0.15, -0.1) is 0 Å². The Bertz CT molecular complexity index is 59.8. The van der Waals surface area contributed by atoms with Gasteiger partial charge in [0.25, 0.3) is 0 Å². The highest BCUT2D eigenvalue weighted by Gasteiger charge is 1.74. The SMILES string of the molecule is NC/C(N)=C/Cl. The van der Waals surface area contributed by atoms with Crippen molar-refractivity contribution in [2.24, 2.45) is 11.5 Å². The molecule has 4 N–H and O–H groups in total. The maximum absolute atomic E-state index is 5.09. The summed E-state index contributed by atoms with van der Waals surface area (Å²) in [5, 5.41) is 0. The van der Waals surface area contributed by atoms with Gasteiger partial charge in [-0.05, 0) is 0 Å². The number of nitrogens with two attached hydrogens (primary N) is 2. The van der Waals surface area contributed by atoms with E-state index < -0.39 is 0 Å². The third-order valence-electron chi connectivity index (χ3n) is 0.376. The van der Waals surface area contributed by atoms with Crippen molar-refractivity contribution < 1.29 is 0 Å². The smallest absolute Gasteiger partial charge is 0.0335 e. The first-order valence-corrected chi connectivity index (χ1v) is 1.99. The number of hydrogen-bond acceptors (Lipinski definition) is 2. The predicted molar refractivity (Wildman–Crippen MR) is 27.2 cm³/mol. The normalized spacial score (nSPS) is 12.0. The molecule has 0 rings (SSSR count). The minimum atomic E-state index is 0.337. The van der Waals surface area contributed by atoms with Crippen LogP contribution >= 0.6 is 11.6 Å². The van der Waals surface area contributed by atoms with Gasteiger partial charge >= 0.3 is 0 Å². The van der Waals surface area contributed by atoms with Gasteiger partial charge in [0, 0.05) is 17.8 Å². The Hall–Kier alpha value is -0.210. The zero-order valence-electron chi connectivity index (χ0n) is 3.32. The van der Waals surface area contributed by atoms with Gasteiger partial charge in [0.05, 0.1) is 0 Å². The highest BCUT2D eigenvalue weighted by atomic mass is 35.5. The van der Waals surface area contributed by atoms with Gasteiger partial charge in [0.15, 0.2) is 0 Å². The second kappa shape index (κ2) is 3.00. The van der Waals surface area contributed by atoms with E-state index in [0.29, 0.717) is 12.2 Å². The molecule has 0 aliphatic rings. The van der Waals surface area contributed by atoms with E-state index in [9.17, 15) is 0 Å². The van der Waals surface area contributed by atoms with Gasteiger partial charge in [-0.3, -0.25) is 0 Å². The Labute approximate surface area is 41.8 Å². The predicted octanol–water partition coefficient (Wildman–Crippen LogP) is -0.0160. The lowest BCUT2D eigenvalue weighted by Gasteiger charge is -1.85. The van der Waals surface area contributed by atoms with Crippen LogP contribution in [0, 0.1) is 0 Å². The van der Waals surface area contributed by atoms with Gasteiger partial charge in [0.1, 0.15) is 0 Å². The highest BCUT2D eigenvalue weighted by molar-refractivity contribution is 6.25. The van der Waals surface area contributed by atoms with Crippen LogP contribution in [-0.4, -0.2) is 6.54 Å². The Kier molecular flexibility index (Phi) is 2.89. The monoisotopic (exact) mass is 106 g/mol. The van der Waals surface area contributed by atoms with Crippen molar-refractivity contribution in [1.82, 2.24) is 0 Å². The zero-order valence-corrected chi connectivity index (χ0v) is 4.07. The molecule has 0 aliphatic heterocycles. The summed E-state index contributed by atoms with van der Waals surface area (Å²) in [5.74, 6) is 0. The summed E-state index contributed by atoms with van der Waals surface area (Å²) < 4.78 is 0. The number of halogens is 1. The van der Waals surface area contributed by atoms with Gasteiger partial charge in [0.2, 0.25) is 0 Å². The Morgan fingerprint density at radius 2 is 2.33 bits per heavy atom. The molecule has 0 fully saturated rings. The Balaban J connectivity index is 3.22. The lowest BCUT2D eigenvalue weighted by atomic mass is 10.5. The molecule has 3 heteroatoms. The van der Waals surface area contributed by atoms with Gasteiger partial charge < -0.3 is 11.5 Å². The van der Waals surface area contributed by atoms with Crippen molar-refractivity contribution in [1.29, 1.82) is 0 Å². The maximum atomic E-state index is 5.09. The largest absolute Gasteiger partial charge is 0.400 e. The fourth-order valence-electron chi connectivity index (χ4n) is 0.0445. The summed E-state index contributed by atoms with van der Waals surface area (Å²) in [6.07, 6.45) is 0. The molecule has 0 aromatic heterocycles. The van der Waals surface area contributed by atoms with Crippen molar-refractivity contribution in [3.05, 3.63) is 11.2 Å². The molecule has 0 aromatic rings. The topological polar surface area (TPSA) is 52.0 Å². The van der Waals surface area contributed by atoms with Crippen LogP contribution in [0.4, 0.5) is 0 Å². The van der Waals surface area contributed by atoms with Crippen molar-refractivity contribution in [2.45, 2.75) is 0 Å². The quantitative estimate of drug-likeness (QED) is 0.494. The minimum Gasteiger partial charge on any atom is -0.400 e. The summed E-state index contributed by atoms with van der Waals surface area (Å²) >= 11 is 5.09. The summed E-state index contributed by atoms with van der Waals surface area (Å²) in [6, 6.07) is 0. The van der Waals surface area contributed by atoms with Gasteiger partial charge in [-0.1, -0.05) is 11.6 Å². The first-order valence-electron chi connectivity index (χ1n) is 1.56. The van der Waals surface area contributed by atoms with Crippen LogP contribution in [0.15, 0.2) is 11.2 Å². The average molecular weight is 107 g/mol.